The second-order valence-electron chi connectivity index (χ2n) is 5.82. The highest BCUT2D eigenvalue weighted by Gasteiger charge is 2.27. The molecule has 0 aromatic heterocycles. The second kappa shape index (κ2) is 11.9. The van der Waals surface area contributed by atoms with Gasteiger partial charge in [-0.25, -0.2) is 17.7 Å². The second-order valence-corrected chi connectivity index (χ2v) is 8.35. The van der Waals surface area contributed by atoms with Crippen LogP contribution in [0.15, 0.2) is 23.2 Å². The predicted molar refractivity (Wildman–Crippen MR) is 116 cm³/mol. The Morgan fingerprint density at radius 2 is 2.14 bits per heavy atom. The van der Waals surface area contributed by atoms with Crippen molar-refractivity contribution in [1.29, 1.82) is 0 Å². The van der Waals surface area contributed by atoms with E-state index in [1.54, 1.807) is 0 Å². The van der Waals surface area contributed by atoms with Crippen LogP contribution in [0, 0.1) is 0 Å². The molecule has 7 nitrogen and oxygen atoms in total. The minimum atomic E-state index is -3.14. The number of nitrogens with one attached hydrogen (secondary N) is 2. The van der Waals surface area contributed by atoms with E-state index in [4.69, 9.17) is 11.6 Å². The first-order valence-corrected chi connectivity index (χ1v) is 10.5. The summed E-state index contributed by atoms with van der Waals surface area (Å²) >= 11 is 5.93. The first-order chi connectivity index (χ1) is 12.8. The Kier molecular flexibility index (Phi) is 10.7. The number of benzene rings is 1. The zero-order valence-corrected chi connectivity index (χ0v) is 19.2. The number of nitrogens with zero attached hydrogens (tertiary/aromatic N) is 2. The van der Waals surface area contributed by atoms with E-state index in [-0.39, 0.29) is 42.0 Å². The lowest BCUT2D eigenvalue weighted by Gasteiger charge is -2.16. The molecule has 2 rings (SSSR count). The maximum Gasteiger partial charge on any atom is 0.387 e. The highest BCUT2D eigenvalue weighted by Crippen LogP contribution is 2.25. The summed E-state index contributed by atoms with van der Waals surface area (Å²) in [7, 11) is -3.14. The fourth-order valence-corrected chi connectivity index (χ4v) is 4.35. The van der Waals surface area contributed by atoms with Gasteiger partial charge in [0.2, 0.25) is 10.0 Å². The van der Waals surface area contributed by atoms with Gasteiger partial charge in [0.25, 0.3) is 0 Å². The van der Waals surface area contributed by atoms with E-state index in [9.17, 15) is 17.2 Å². The first kappa shape index (κ1) is 25.1. The molecule has 12 heteroatoms. The molecule has 0 aliphatic carbocycles. The number of ether oxygens (including phenoxy) is 1. The fourth-order valence-electron chi connectivity index (χ4n) is 2.63. The number of alkyl halides is 2. The van der Waals surface area contributed by atoms with Crippen LogP contribution < -0.4 is 15.4 Å². The standard InChI is InChI=1S/C16H23ClF2N4O3S.HI/c1-2-20-16(21-6-8-23-7-3-9-27(23,24)25)22-11-12-10-13(17)4-5-14(12)26-15(18)19;/h4-5,10,15H,2-3,6-9,11H2,1H3,(H2,20,21,22);1H. The van der Waals surface area contributed by atoms with Crippen LogP contribution in [0.25, 0.3) is 0 Å². The predicted octanol–water partition coefficient (Wildman–Crippen LogP) is 2.65. The van der Waals surface area contributed by atoms with Gasteiger partial charge in [0.05, 0.1) is 12.3 Å². The summed E-state index contributed by atoms with van der Waals surface area (Å²) in [5, 5.41) is 6.45. The van der Waals surface area contributed by atoms with E-state index in [0.717, 1.165) is 0 Å². The van der Waals surface area contributed by atoms with Crippen LogP contribution in [0.4, 0.5) is 8.78 Å². The van der Waals surface area contributed by atoms with E-state index in [1.165, 1.54) is 22.5 Å². The Balaban J connectivity index is 0.00000392. The molecular formula is C16H24ClF2IN4O3S. The number of hydrogen-bond acceptors (Lipinski definition) is 4. The smallest absolute Gasteiger partial charge is 0.387 e. The summed E-state index contributed by atoms with van der Waals surface area (Å²) in [4.78, 5) is 4.34. The van der Waals surface area contributed by atoms with Crippen molar-refractivity contribution in [3.8, 4) is 5.75 Å². The van der Waals surface area contributed by atoms with E-state index in [1.807, 2.05) is 6.92 Å². The Hall–Kier alpha value is -0.920. The summed E-state index contributed by atoms with van der Waals surface area (Å²) in [6, 6.07) is 4.35. The minimum Gasteiger partial charge on any atom is -0.434 e. The molecule has 0 atom stereocenters. The Labute approximate surface area is 185 Å². The molecule has 1 heterocycles. The van der Waals surface area contributed by atoms with Crippen molar-refractivity contribution < 1.29 is 21.9 Å². The molecule has 1 saturated heterocycles. The molecule has 0 bridgehead atoms. The summed E-state index contributed by atoms with van der Waals surface area (Å²) in [5.74, 6) is 0.636. The summed E-state index contributed by atoms with van der Waals surface area (Å²) in [5.41, 5.74) is 0.419. The molecule has 0 radical (unpaired) electrons. The van der Waals surface area contributed by atoms with E-state index in [2.05, 4.69) is 20.4 Å². The molecule has 0 unspecified atom stereocenters. The van der Waals surface area contributed by atoms with Gasteiger partial charge in [-0.3, -0.25) is 0 Å². The molecule has 1 aromatic rings. The van der Waals surface area contributed by atoms with Crippen molar-refractivity contribution in [3.63, 3.8) is 0 Å². The molecule has 1 aliphatic heterocycles. The van der Waals surface area contributed by atoms with Crippen molar-refractivity contribution in [2.24, 2.45) is 4.99 Å². The number of sulfonamides is 1. The van der Waals surface area contributed by atoms with Crippen LogP contribution in [-0.2, 0) is 16.6 Å². The molecule has 1 fully saturated rings. The van der Waals surface area contributed by atoms with Crippen LogP contribution in [0.3, 0.4) is 0 Å². The van der Waals surface area contributed by atoms with Crippen molar-refractivity contribution >= 4 is 51.6 Å². The highest BCUT2D eigenvalue weighted by molar-refractivity contribution is 14.0. The monoisotopic (exact) mass is 552 g/mol. The quantitative estimate of drug-likeness (QED) is 0.294. The maximum atomic E-state index is 12.5. The maximum absolute atomic E-state index is 12.5. The molecule has 0 spiro atoms. The normalized spacial score (nSPS) is 16.7. The molecule has 160 valence electrons. The Morgan fingerprint density at radius 3 is 2.75 bits per heavy atom. The van der Waals surface area contributed by atoms with Crippen LogP contribution in [-0.4, -0.2) is 57.2 Å². The molecule has 1 aromatic carbocycles. The number of aliphatic imine (C=N–C) groups is 1. The highest BCUT2D eigenvalue weighted by atomic mass is 127. The van der Waals surface area contributed by atoms with Crippen LogP contribution >= 0.6 is 35.6 Å². The Bertz CT molecular complexity index is 768. The van der Waals surface area contributed by atoms with Gasteiger partial charge in [-0.1, -0.05) is 11.6 Å². The van der Waals surface area contributed by atoms with Crippen molar-refractivity contribution in [3.05, 3.63) is 28.8 Å². The topological polar surface area (TPSA) is 83.0 Å². The van der Waals surface area contributed by atoms with Crippen molar-refractivity contribution in [2.45, 2.75) is 26.5 Å². The van der Waals surface area contributed by atoms with Crippen molar-refractivity contribution in [1.82, 2.24) is 14.9 Å². The molecule has 0 saturated carbocycles. The van der Waals surface area contributed by atoms with Gasteiger partial charge in [0, 0.05) is 36.8 Å². The van der Waals surface area contributed by atoms with Gasteiger partial charge >= 0.3 is 6.61 Å². The lowest BCUT2D eigenvalue weighted by Crippen LogP contribution is -2.42. The third-order valence-electron chi connectivity index (χ3n) is 3.85. The number of guanidine groups is 1. The SMILES string of the molecule is CCNC(=NCc1cc(Cl)ccc1OC(F)F)NCCN1CCCS1(=O)=O.I. The average Bonchev–Trinajstić information content (AvgIpc) is 2.93. The summed E-state index contributed by atoms with van der Waals surface area (Å²) in [6.07, 6.45) is 0.637. The number of rotatable bonds is 8. The Morgan fingerprint density at radius 1 is 1.39 bits per heavy atom. The molecule has 0 amide bonds. The zero-order chi connectivity index (χ0) is 19.9. The third-order valence-corrected chi connectivity index (χ3v) is 6.04. The van der Waals surface area contributed by atoms with Crippen LogP contribution in [0.1, 0.15) is 18.9 Å². The lowest BCUT2D eigenvalue weighted by atomic mass is 10.2. The largest absolute Gasteiger partial charge is 0.434 e. The van der Waals surface area contributed by atoms with Gasteiger partial charge in [-0.05, 0) is 31.5 Å². The van der Waals surface area contributed by atoms with Crippen molar-refractivity contribution in [2.75, 3.05) is 31.9 Å². The average molecular weight is 553 g/mol. The molecular weight excluding hydrogens is 529 g/mol. The molecule has 2 N–H and O–H groups in total. The summed E-state index contributed by atoms with van der Waals surface area (Å²) < 4.78 is 54.6. The summed E-state index contributed by atoms with van der Waals surface area (Å²) in [6.45, 7) is 0.832. The van der Waals surface area contributed by atoms with Crippen LogP contribution in [0.5, 0.6) is 5.75 Å². The first-order valence-electron chi connectivity index (χ1n) is 8.55. The van der Waals surface area contributed by atoms with Gasteiger partial charge in [-0.2, -0.15) is 8.78 Å². The number of hydrogen-bond donors (Lipinski definition) is 2. The zero-order valence-electron chi connectivity index (χ0n) is 15.3. The van der Waals surface area contributed by atoms with E-state index < -0.39 is 16.6 Å². The third kappa shape index (κ3) is 7.84. The minimum absolute atomic E-state index is 0. The lowest BCUT2D eigenvalue weighted by molar-refractivity contribution is -0.0504. The van der Waals surface area contributed by atoms with Gasteiger partial charge in [0.1, 0.15) is 5.75 Å². The van der Waals surface area contributed by atoms with Crippen LogP contribution in [0.2, 0.25) is 5.02 Å². The van der Waals surface area contributed by atoms with Gasteiger partial charge in [-0.15, -0.1) is 24.0 Å². The molecule has 28 heavy (non-hydrogen) atoms. The number of halogens is 4. The van der Waals surface area contributed by atoms with E-state index >= 15 is 0 Å². The van der Waals surface area contributed by atoms with E-state index in [0.29, 0.717) is 49.1 Å². The van der Waals surface area contributed by atoms with Gasteiger partial charge in [0.15, 0.2) is 5.96 Å². The van der Waals surface area contributed by atoms with Gasteiger partial charge < -0.3 is 15.4 Å². The fraction of sp³-hybridized carbons (Fsp3) is 0.562. The molecule has 1 aliphatic rings.